The molecule has 36 heavy (non-hydrogen) atoms. The molecular formula is C28H30N4O4. The number of benzene rings is 2. The molecule has 0 saturated carbocycles. The highest BCUT2D eigenvalue weighted by molar-refractivity contribution is 5.90. The molecule has 0 N–H and O–H groups in total. The topological polar surface area (TPSA) is 91.6 Å². The Hall–Kier alpha value is -4.20. The van der Waals surface area contributed by atoms with Crippen LogP contribution in [0.5, 0.6) is 0 Å². The van der Waals surface area contributed by atoms with Crippen LogP contribution in [0.3, 0.4) is 0 Å². The van der Waals surface area contributed by atoms with Crippen molar-refractivity contribution < 1.29 is 8.83 Å². The summed E-state index contributed by atoms with van der Waals surface area (Å²) in [6.45, 7) is 11.8. The number of anilines is 2. The second-order valence-electron chi connectivity index (χ2n) is 8.26. The molecule has 0 aliphatic carbocycles. The third kappa shape index (κ3) is 5.22. The number of hydrogen-bond donors (Lipinski definition) is 0. The molecular weight excluding hydrogens is 456 g/mol. The average molecular weight is 487 g/mol. The normalized spacial score (nSPS) is 11.8. The highest BCUT2D eigenvalue weighted by Gasteiger charge is 2.09. The lowest BCUT2D eigenvalue weighted by Crippen LogP contribution is -2.21. The van der Waals surface area contributed by atoms with Crippen molar-refractivity contribution in [3.63, 3.8) is 0 Å². The summed E-state index contributed by atoms with van der Waals surface area (Å²) in [4.78, 5) is 29.2. The predicted octanol–water partition coefficient (Wildman–Crippen LogP) is 5.04. The van der Waals surface area contributed by atoms with E-state index in [-0.39, 0.29) is 11.1 Å². The summed E-state index contributed by atoms with van der Waals surface area (Å²) in [7, 11) is 0. The molecule has 4 rings (SSSR count). The van der Waals surface area contributed by atoms with E-state index < -0.39 is 11.3 Å². The fourth-order valence-corrected chi connectivity index (χ4v) is 4.17. The number of rotatable bonds is 9. The lowest BCUT2D eigenvalue weighted by Gasteiger charge is -2.20. The maximum Gasteiger partial charge on any atom is 0.345 e. The van der Waals surface area contributed by atoms with Gasteiger partial charge in [0.1, 0.15) is 11.2 Å². The Morgan fingerprint density at radius 3 is 1.39 bits per heavy atom. The smallest absolute Gasteiger partial charge is 0.345 e. The summed E-state index contributed by atoms with van der Waals surface area (Å²) >= 11 is 0. The Kier molecular flexibility index (Phi) is 7.63. The van der Waals surface area contributed by atoms with Gasteiger partial charge < -0.3 is 18.6 Å². The molecule has 0 atom stereocenters. The lowest BCUT2D eigenvalue weighted by atomic mass is 10.1. The molecule has 2 heterocycles. The van der Waals surface area contributed by atoms with E-state index in [1.807, 2.05) is 36.4 Å². The van der Waals surface area contributed by atoms with E-state index in [1.165, 1.54) is 12.4 Å². The van der Waals surface area contributed by atoms with Crippen LogP contribution in [0.15, 0.2) is 77.2 Å². The third-order valence-electron chi connectivity index (χ3n) is 6.21. The van der Waals surface area contributed by atoms with Gasteiger partial charge in [-0.15, -0.1) is 0 Å². The Balaban J connectivity index is 1.55. The first-order valence-corrected chi connectivity index (χ1v) is 12.2. The molecule has 0 amide bonds. The zero-order valence-electron chi connectivity index (χ0n) is 21.0. The van der Waals surface area contributed by atoms with Crippen LogP contribution >= 0.6 is 0 Å². The molecule has 0 spiro atoms. The van der Waals surface area contributed by atoms with Gasteiger partial charge in [-0.3, -0.25) is 0 Å². The monoisotopic (exact) mass is 486 g/mol. The molecule has 4 aromatic rings. The minimum Gasteiger partial charge on any atom is -0.422 e. The first-order valence-electron chi connectivity index (χ1n) is 12.2. The van der Waals surface area contributed by atoms with E-state index in [9.17, 15) is 9.59 Å². The van der Waals surface area contributed by atoms with Crippen molar-refractivity contribution in [2.45, 2.75) is 27.7 Å². The van der Waals surface area contributed by atoms with Crippen LogP contribution < -0.4 is 21.1 Å². The molecule has 0 radical (unpaired) electrons. The highest BCUT2D eigenvalue weighted by Crippen LogP contribution is 2.23. The summed E-state index contributed by atoms with van der Waals surface area (Å²) in [5.41, 5.74) is 2.56. The number of hydrogen-bond acceptors (Lipinski definition) is 8. The summed E-state index contributed by atoms with van der Waals surface area (Å²) < 4.78 is 11.0. The van der Waals surface area contributed by atoms with Crippen molar-refractivity contribution in [3.05, 3.63) is 80.5 Å². The van der Waals surface area contributed by atoms with E-state index in [4.69, 9.17) is 8.83 Å². The quantitative estimate of drug-likeness (QED) is 0.187. The van der Waals surface area contributed by atoms with Crippen molar-refractivity contribution in [1.29, 1.82) is 0 Å². The molecule has 0 fully saturated rings. The Morgan fingerprint density at radius 1 is 0.639 bits per heavy atom. The fourth-order valence-electron chi connectivity index (χ4n) is 4.17. The maximum atomic E-state index is 12.4. The van der Waals surface area contributed by atoms with Crippen molar-refractivity contribution in [1.82, 2.24) is 0 Å². The standard InChI is InChI=1S/C28H30N4O4/c1-5-31(6-2)23-11-9-19-13-21(27(33)35-25(19)15-23)17-29-30-18-22-14-20-10-12-24(32(7-3)8-4)16-26(20)36-28(22)34/h9-18H,5-8H2,1-4H3/b29-17+,30-18+. The molecule has 2 aromatic heterocycles. The molecule has 2 aromatic carbocycles. The second kappa shape index (κ2) is 11.0. The molecule has 0 saturated heterocycles. The van der Waals surface area contributed by atoms with Crippen LogP contribution in [-0.4, -0.2) is 38.6 Å². The van der Waals surface area contributed by atoms with E-state index in [0.29, 0.717) is 11.2 Å². The van der Waals surface area contributed by atoms with Crippen LogP contribution in [-0.2, 0) is 0 Å². The first-order chi connectivity index (χ1) is 17.5. The largest absolute Gasteiger partial charge is 0.422 e. The van der Waals surface area contributed by atoms with E-state index in [1.54, 1.807) is 12.1 Å². The molecule has 8 heteroatoms. The minimum atomic E-state index is -0.507. The van der Waals surface area contributed by atoms with E-state index in [0.717, 1.165) is 48.3 Å². The summed E-state index contributed by atoms with van der Waals surface area (Å²) in [6.07, 6.45) is 2.64. The van der Waals surface area contributed by atoms with Gasteiger partial charge in [0.15, 0.2) is 0 Å². The highest BCUT2D eigenvalue weighted by atomic mass is 16.4. The van der Waals surface area contributed by atoms with Crippen molar-refractivity contribution in [3.8, 4) is 0 Å². The molecule has 0 aliphatic rings. The van der Waals surface area contributed by atoms with Gasteiger partial charge in [-0.1, -0.05) is 0 Å². The number of fused-ring (bicyclic) bond motifs is 2. The van der Waals surface area contributed by atoms with Crippen molar-refractivity contribution >= 4 is 45.7 Å². The van der Waals surface area contributed by atoms with Crippen LogP contribution in [0.1, 0.15) is 38.8 Å². The van der Waals surface area contributed by atoms with Gasteiger partial charge in [-0.05, 0) is 64.1 Å². The second-order valence-corrected chi connectivity index (χ2v) is 8.26. The van der Waals surface area contributed by atoms with Crippen LogP contribution in [0.4, 0.5) is 11.4 Å². The summed E-state index contributed by atoms with van der Waals surface area (Å²) in [5, 5.41) is 9.47. The van der Waals surface area contributed by atoms with Crippen LogP contribution in [0.2, 0.25) is 0 Å². The molecule has 0 aliphatic heterocycles. The predicted molar refractivity (Wildman–Crippen MR) is 147 cm³/mol. The minimum absolute atomic E-state index is 0.268. The Labute approximate surface area is 209 Å². The van der Waals surface area contributed by atoms with Gasteiger partial charge in [0, 0.05) is 60.5 Å². The summed E-state index contributed by atoms with van der Waals surface area (Å²) in [5.74, 6) is 0. The molecule has 8 nitrogen and oxygen atoms in total. The maximum absolute atomic E-state index is 12.4. The van der Waals surface area contributed by atoms with E-state index >= 15 is 0 Å². The van der Waals surface area contributed by atoms with Crippen LogP contribution in [0.25, 0.3) is 21.9 Å². The lowest BCUT2D eigenvalue weighted by molar-refractivity contribution is 0.559. The third-order valence-corrected chi connectivity index (χ3v) is 6.21. The van der Waals surface area contributed by atoms with Gasteiger partial charge in [-0.2, -0.15) is 10.2 Å². The average Bonchev–Trinajstić information content (AvgIpc) is 2.88. The van der Waals surface area contributed by atoms with Gasteiger partial charge in [0.05, 0.1) is 23.6 Å². The zero-order valence-corrected chi connectivity index (χ0v) is 21.0. The molecule has 186 valence electrons. The van der Waals surface area contributed by atoms with Crippen LogP contribution in [0, 0.1) is 0 Å². The van der Waals surface area contributed by atoms with Crippen molar-refractivity contribution in [2.24, 2.45) is 10.2 Å². The number of nitrogens with zero attached hydrogens (tertiary/aromatic N) is 4. The summed E-state index contributed by atoms with van der Waals surface area (Å²) in [6, 6.07) is 15.0. The molecule has 0 unspecified atom stereocenters. The molecule has 0 bridgehead atoms. The van der Waals surface area contributed by atoms with Gasteiger partial charge in [-0.25, -0.2) is 9.59 Å². The SMILES string of the molecule is CCN(CC)c1ccc2cc(/C=N/N=C/c3cc4ccc(N(CC)CC)cc4oc3=O)c(=O)oc2c1. The Morgan fingerprint density at radius 2 is 1.03 bits per heavy atom. The zero-order chi connectivity index (χ0) is 25.7. The van der Waals surface area contributed by atoms with Gasteiger partial charge in [0.2, 0.25) is 0 Å². The first kappa shape index (κ1) is 24.9. The van der Waals surface area contributed by atoms with Gasteiger partial charge >= 0.3 is 11.3 Å². The van der Waals surface area contributed by atoms with E-state index in [2.05, 4.69) is 47.7 Å². The van der Waals surface area contributed by atoms with Gasteiger partial charge in [0.25, 0.3) is 0 Å². The fraction of sp³-hybridized carbons (Fsp3) is 0.286. The Bertz CT molecular complexity index is 1430. The van der Waals surface area contributed by atoms with Crippen molar-refractivity contribution in [2.75, 3.05) is 36.0 Å².